The molecule has 0 radical (unpaired) electrons. The molecule has 0 N–H and O–H groups in total. The Kier molecular flexibility index (Phi) is 8.26. The van der Waals surface area contributed by atoms with Crippen LogP contribution in [0.4, 0.5) is 0 Å². The maximum atomic E-state index is 7.11. The molecular formula is C41H48OSi. The van der Waals surface area contributed by atoms with Gasteiger partial charge in [-0.3, -0.25) is 0 Å². The van der Waals surface area contributed by atoms with Crippen LogP contribution < -0.4 is 9.92 Å². The third kappa shape index (κ3) is 5.91. The van der Waals surface area contributed by atoms with Crippen molar-refractivity contribution in [2.45, 2.75) is 83.0 Å². The molecule has 0 heterocycles. The number of ether oxygens (including phenoxy) is 1. The minimum Gasteiger partial charge on any atom is -0.488 e. The average Bonchev–Trinajstić information content (AvgIpc) is 3.34. The van der Waals surface area contributed by atoms with E-state index in [-0.39, 0.29) is 5.60 Å². The predicted molar refractivity (Wildman–Crippen MR) is 186 cm³/mol. The highest BCUT2D eigenvalue weighted by molar-refractivity contribution is 6.93. The van der Waals surface area contributed by atoms with Crippen molar-refractivity contribution in [1.29, 1.82) is 0 Å². The minimum absolute atomic E-state index is 0.285. The molecule has 1 fully saturated rings. The second kappa shape index (κ2) is 12.0. The first kappa shape index (κ1) is 29.7. The third-order valence-electron chi connectivity index (χ3n) is 9.99. The second-order valence-corrected chi connectivity index (χ2v) is 18.7. The van der Waals surface area contributed by atoms with Crippen molar-refractivity contribution in [3.05, 3.63) is 137 Å². The van der Waals surface area contributed by atoms with Crippen LogP contribution in [-0.4, -0.2) is 13.7 Å². The van der Waals surface area contributed by atoms with E-state index in [0.717, 1.165) is 12.1 Å². The van der Waals surface area contributed by atoms with E-state index in [1.165, 1.54) is 39.6 Å². The van der Waals surface area contributed by atoms with Gasteiger partial charge in [0, 0.05) is 0 Å². The standard InChI is InChI=1S/C41H48OSi/c1-29(2)34-22-15-23-38(39(34)42-41(4,5)6)43(27-31-16-9-7-10-17-31,28-32-18-11-8-12-19-32)40-30(3)26-37-35-21-14-13-20-33(35)24-25-36(37)40/h7-25,29-30,36-37,40H,26-28H2,1-6H3. The Morgan fingerprint density at radius 1 is 0.767 bits per heavy atom. The van der Waals surface area contributed by atoms with Crippen molar-refractivity contribution < 1.29 is 4.74 Å². The maximum Gasteiger partial charge on any atom is 0.122 e. The van der Waals surface area contributed by atoms with Crippen molar-refractivity contribution in [3.63, 3.8) is 0 Å². The van der Waals surface area contributed by atoms with Crippen LogP contribution in [0.2, 0.25) is 5.54 Å². The van der Waals surface area contributed by atoms with Crippen LogP contribution in [0.5, 0.6) is 5.75 Å². The van der Waals surface area contributed by atoms with Crippen LogP contribution in [0, 0.1) is 11.8 Å². The van der Waals surface area contributed by atoms with Crippen LogP contribution in [-0.2, 0) is 12.1 Å². The molecule has 4 unspecified atom stereocenters. The zero-order valence-electron chi connectivity index (χ0n) is 26.9. The Labute approximate surface area is 261 Å². The first-order valence-electron chi connectivity index (χ1n) is 16.3. The predicted octanol–water partition coefficient (Wildman–Crippen LogP) is 10.0. The Hall–Kier alpha value is -3.36. The monoisotopic (exact) mass is 584 g/mol. The molecule has 6 rings (SSSR count). The van der Waals surface area contributed by atoms with Crippen LogP contribution in [0.15, 0.2) is 109 Å². The molecule has 0 aliphatic heterocycles. The smallest absolute Gasteiger partial charge is 0.122 e. The molecule has 2 heteroatoms. The Balaban J connectivity index is 1.64. The fourth-order valence-electron chi connectivity index (χ4n) is 8.46. The van der Waals surface area contributed by atoms with Crippen LogP contribution >= 0.6 is 0 Å². The van der Waals surface area contributed by atoms with Crippen molar-refractivity contribution >= 4 is 19.3 Å². The summed E-state index contributed by atoms with van der Waals surface area (Å²) in [5.41, 5.74) is 7.51. The van der Waals surface area contributed by atoms with Gasteiger partial charge >= 0.3 is 0 Å². The fourth-order valence-corrected chi connectivity index (χ4v) is 15.1. The zero-order valence-corrected chi connectivity index (χ0v) is 27.9. The summed E-state index contributed by atoms with van der Waals surface area (Å²) in [6.45, 7) is 13.8. The van der Waals surface area contributed by atoms with E-state index < -0.39 is 8.07 Å². The van der Waals surface area contributed by atoms with Gasteiger partial charge in [0.25, 0.3) is 0 Å². The van der Waals surface area contributed by atoms with Crippen molar-refractivity contribution in [1.82, 2.24) is 0 Å². The van der Waals surface area contributed by atoms with E-state index in [1.807, 2.05) is 0 Å². The number of hydrogen-bond acceptors (Lipinski definition) is 1. The van der Waals surface area contributed by atoms with E-state index in [1.54, 1.807) is 5.56 Å². The van der Waals surface area contributed by atoms with Gasteiger partial charge in [-0.15, -0.1) is 0 Å². The highest BCUT2D eigenvalue weighted by Gasteiger charge is 2.55. The van der Waals surface area contributed by atoms with Gasteiger partial charge in [-0.05, 0) is 90.4 Å². The van der Waals surface area contributed by atoms with E-state index in [4.69, 9.17) is 4.74 Å². The molecule has 1 nitrogen and oxygen atoms in total. The van der Waals surface area contributed by atoms with Crippen molar-refractivity contribution in [3.8, 4) is 5.75 Å². The van der Waals surface area contributed by atoms with Gasteiger partial charge < -0.3 is 4.74 Å². The molecule has 0 amide bonds. The first-order chi connectivity index (χ1) is 20.7. The Morgan fingerprint density at radius 2 is 1.37 bits per heavy atom. The topological polar surface area (TPSA) is 9.23 Å². The molecule has 0 saturated heterocycles. The Bertz CT molecular complexity index is 1520. The van der Waals surface area contributed by atoms with Crippen molar-refractivity contribution in [2.75, 3.05) is 0 Å². The molecule has 4 atom stereocenters. The maximum absolute atomic E-state index is 7.11. The Morgan fingerprint density at radius 3 is 1.98 bits per heavy atom. The van der Waals surface area contributed by atoms with Crippen LogP contribution in [0.1, 0.15) is 87.6 Å². The number of hydrogen-bond donors (Lipinski definition) is 0. The number of allylic oxidation sites excluding steroid dienone is 1. The van der Waals surface area contributed by atoms with Gasteiger partial charge in [-0.25, -0.2) is 0 Å². The molecule has 2 aliphatic rings. The second-order valence-electron chi connectivity index (χ2n) is 14.5. The number of rotatable bonds is 8. The average molecular weight is 585 g/mol. The molecule has 0 aromatic heterocycles. The van der Waals surface area contributed by atoms with E-state index in [0.29, 0.717) is 29.2 Å². The summed E-state index contributed by atoms with van der Waals surface area (Å²) in [6, 6.07) is 41.2. The summed E-state index contributed by atoms with van der Waals surface area (Å²) in [5.74, 6) is 3.25. The summed E-state index contributed by atoms with van der Waals surface area (Å²) >= 11 is 0. The summed E-state index contributed by atoms with van der Waals surface area (Å²) in [5, 5.41) is 1.52. The number of fused-ring (bicyclic) bond motifs is 3. The highest BCUT2D eigenvalue weighted by Crippen LogP contribution is 2.58. The van der Waals surface area contributed by atoms with Gasteiger partial charge in [-0.2, -0.15) is 0 Å². The van der Waals surface area contributed by atoms with E-state index in [2.05, 4.69) is 157 Å². The summed E-state index contributed by atoms with van der Waals surface area (Å²) in [7, 11) is -2.41. The minimum atomic E-state index is -2.41. The first-order valence-corrected chi connectivity index (χ1v) is 18.8. The summed E-state index contributed by atoms with van der Waals surface area (Å²) in [6.07, 6.45) is 6.28. The number of benzene rings is 4. The van der Waals surface area contributed by atoms with Gasteiger partial charge in [-0.1, -0.05) is 147 Å². The quantitative estimate of drug-likeness (QED) is 0.187. The lowest BCUT2D eigenvalue weighted by Gasteiger charge is -2.45. The SMILES string of the molecule is CC(C)c1cccc([Si](Cc2ccccc2)(Cc2ccccc2)C2C(C)CC3c4ccccc4C=CC32)c1OC(C)(C)C. The number of para-hydroxylation sites is 1. The van der Waals surface area contributed by atoms with Crippen LogP contribution in [0.3, 0.4) is 0 Å². The molecule has 4 aromatic carbocycles. The van der Waals surface area contributed by atoms with E-state index >= 15 is 0 Å². The molecule has 1 saturated carbocycles. The molecule has 0 spiro atoms. The molecule has 222 valence electrons. The lowest BCUT2D eigenvalue weighted by Crippen LogP contribution is -2.59. The summed E-state index contributed by atoms with van der Waals surface area (Å²) < 4.78 is 7.11. The lowest BCUT2D eigenvalue weighted by atomic mass is 9.81. The molecule has 43 heavy (non-hydrogen) atoms. The molecule has 4 aromatic rings. The summed E-state index contributed by atoms with van der Waals surface area (Å²) in [4.78, 5) is 0. The van der Waals surface area contributed by atoms with Gasteiger partial charge in [0.1, 0.15) is 19.4 Å². The third-order valence-corrected chi connectivity index (χ3v) is 15.8. The largest absolute Gasteiger partial charge is 0.488 e. The lowest BCUT2D eigenvalue weighted by molar-refractivity contribution is 0.130. The van der Waals surface area contributed by atoms with Crippen LogP contribution in [0.25, 0.3) is 6.08 Å². The van der Waals surface area contributed by atoms with Gasteiger partial charge in [0.05, 0.1) is 0 Å². The zero-order chi connectivity index (χ0) is 30.2. The fraction of sp³-hybridized carbons (Fsp3) is 0.366. The van der Waals surface area contributed by atoms with Gasteiger partial charge in [0.15, 0.2) is 0 Å². The highest BCUT2D eigenvalue weighted by atomic mass is 28.3. The molecular weight excluding hydrogens is 537 g/mol. The molecule has 2 aliphatic carbocycles. The molecule has 0 bridgehead atoms. The van der Waals surface area contributed by atoms with E-state index in [9.17, 15) is 0 Å². The van der Waals surface area contributed by atoms with Crippen molar-refractivity contribution in [2.24, 2.45) is 11.8 Å². The van der Waals surface area contributed by atoms with Gasteiger partial charge in [0.2, 0.25) is 0 Å². The normalized spacial score (nSPS) is 21.5.